The van der Waals surface area contributed by atoms with Gasteiger partial charge in [0.25, 0.3) is 5.91 Å². The number of carbonyl (C=O) groups is 2. The molecule has 0 unspecified atom stereocenters. The number of imide groups is 1. The van der Waals surface area contributed by atoms with Crippen molar-refractivity contribution in [1.82, 2.24) is 4.90 Å². The maximum atomic E-state index is 13.0. The molecule has 146 valence electrons. The molecule has 0 N–H and O–H groups in total. The number of para-hydroxylation sites is 2. The predicted molar refractivity (Wildman–Crippen MR) is 109 cm³/mol. The van der Waals surface area contributed by atoms with Crippen LogP contribution in [0.5, 0.6) is 5.75 Å². The van der Waals surface area contributed by atoms with Gasteiger partial charge < -0.3 is 9.64 Å². The second-order valence-electron chi connectivity index (χ2n) is 7.32. The molecule has 2 amide bonds. The van der Waals surface area contributed by atoms with Gasteiger partial charge in [-0.05, 0) is 36.8 Å². The molecule has 2 aromatic carbocycles. The van der Waals surface area contributed by atoms with Gasteiger partial charge in [-0.25, -0.2) is 4.90 Å². The van der Waals surface area contributed by atoms with Gasteiger partial charge in [-0.15, -0.1) is 0 Å². The second-order valence-corrected chi connectivity index (χ2v) is 7.32. The van der Waals surface area contributed by atoms with Gasteiger partial charge in [0.2, 0.25) is 5.91 Å². The van der Waals surface area contributed by atoms with Gasteiger partial charge >= 0.3 is 0 Å². The summed E-state index contributed by atoms with van der Waals surface area (Å²) in [5.74, 6) is 0.628. The van der Waals surface area contributed by atoms with Gasteiger partial charge in [0.15, 0.2) is 0 Å². The Morgan fingerprint density at radius 3 is 2.43 bits per heavy atom. The molecular formula is C22H25N3O3. The maximum absolute atomic E-state index is 13.0. The summed E-state index contributed by atoms with van der Waals surface area (Å²) in [6, 6.07) is 15.2. The molecule has 2 heterocycles. The van der Waals surface area contributed by atoms with Crippen LogP contribution in [0.2, 0.25) is 0 Å². The van der Waals surface area contributed by atoms with Crippen molar-refractivity contribution in [3.63, 3.8) is 0 Å². The van der Waals surface area contributed by atoms with Crippen molar-refractivity contribution in [1.29, 1.82) is 0 Å². The Morgan fingerprint density at radius 1 is 0.964 bits per heavy atom. The Hall–Kier alpha value is -2.86. The average Bonchev–Trinajstić information content (AvgIpc) is 3.02. The molecule has 6 nitrogen and oxygen atoms in total. The summed E-state index contributed by atoms with van der Waals surface area (Å²) >= 11 is 0. The molecule has 6 heteroatoms. The molecule has 0 aliphatic carbocycles. The normalized spacial score (nSPS) is 20.7. The van der Waals surface area contributed by atoms with Crippen LogP contribution in [-0.2, 0) is 9.59 Å². The van der Waals surface area contributed by atoms with E-state index in [1.54, 1.807) is 7.11 Å². The van der Waals surface area contributed by atoms with Crippen molar-refractivity contribution < 1.29 is 14.3 Å². The van der Waals surface area contributed by atoms with Crippen molar-refractivity contribution in [2.75, 3.05) is 43.1 Å². The van der Waals surface area contributed by atoms with Gasteiger partial charge in [-0.1, -0.05) is 24.3 Å². The van der Waals surface area contributed by atoms with E-state index in [9.17, 15) is 9.59 Å². The quantitative estimate of drug-likeness (QED) is 0.764. The van der Waals surface area contributed by atoms with Gasteiger partial charge in [-0.2, -0.15) is 0 Å². The smallest absolute Gasteiger partial charge is 0.251 e. The first-order chi connectivity index (χ1) is 13.6. The van der Waals surface area contributed by atoms with Crippen LogP contribution in [0, 0.1) is 6.92 Å². The Kier molecular flexibility index (Phi) is 5.05. The number of nitrogens with zero attached hydrogens (tertiary/aromatic N) is 3. The number of rotatable bonds is 4. The summed E-state index contributed by atoms with van der Waals surface area (Å²) in [7, 11) is 1.68. The molecule has 28 heavy (non-hydrogen) atoms. The zero-order valence-corrected chi connectivity index (χ0v) is 16.3. The number of benzene rings is 2. The third-order valence-corrected chi connectivity index (χ3v) is 5.56. The van der Waals surface area contributed by atoms with E-state index in [1.165, 1.54) is 4.90 Å². The van der Waals surface area contributed by atoms with Crippen LogP contribution in [0.15, 0.2) is 48.5 Å². The van der Waals surface area contributed by atoms with E-state index in [4.69, 9.17) is 4.74 Å². The highest BCUT2D eigenvalue weighted by Crippen LogP contribution is 2.30. The van der Waals surface area contributed by atoms with Gasteiger partial charge in [-0.3, -0.25) is 14.5 Å². The summed E-state index contributed by atoms with van der Waals surface area (Å²) < 4.78 is 5.47. The molecule has 1 atom stereocenters. The third kappa shape index (κ3) is 3.36. The van der Waals surface area contributed by atoms with Crippen LogP contribution < -0.4 is 14.5 Å². The Bertz CT molecular complexity index is 890. The number of anilines is 2. The van der Waals surface area contributed by atoms with Gasteiger partial charge in [0.05, 0.1) is 30.9 Å². The molecule has 0 bridgehead atoms. The molecule has 0 spiro atoms. The summed E-state index contributed by atoms with van der Waals surface area (Å²) in [5.41, 5.74) is 2.77. The average molecular weight is 379 g/mol. The number of carbonyl (C=O) groups excluding carboxylic acids is 2. The largest absolute Gasteiger partial charge is 0.495 e. The van der Waals surface area contributed by atoms with Crippen LogP contribution in [-0.4, -0.2) is 56.0 Å². The van der Waals surface area contributed by atoms with E-state index < -0.39 is 0 Å². The third-order valence-electron chi connectivity index (χ3n) is 5.56. The van der Waals surface area contributed by atoms with E-state index in [2.05, 4.69) is 15.9 Å². The highest BCUT2D eigenvalue weighted by Gasteiger charge is 2.43. The number of aryl methyl sites for hydroxylation is 1. The standard InChI is InChI=1S/C22H25N3O3/c1-16-6-5-7-17(14-16)25-21(26)15-19(22(25)27)24-12-10-23(11-13-24)18-8-3-4-9-20(18)28-2/h3-9,14,19H,10-13,15H2,1-2H3/t19-/m0/s1. The Morgan fingerprint density at radius 2 is 1.71 bits per heavy atom. The van der Waals surface area contributed by atoms with Crippen molar-refractivity contribution in [3.05, 3.63) is 54.1 Å². The maximum Gasteiger partial charge on any atom is 0.251 e. The fourth-order valence-corrected chi connectivity index (χ4v) is 4.11. The fourth-order valence-electron chi connectivity index (χ4n) is 4.11. The summed E-state index contributed by atoms with van der Waals surface area (Å²) in [6.07, 6.45) is 0.251. The lowest BCUT2D eigenvalue weighted by Crippen LogP contribution is -2.52. The fraction of sp³-hybridized carbons (Fsp3) is 0.364. The van der Waals surface area contributed by atoms with Gasteiger partial charge in [0, 0.05) is 26.2 Å². The lowest BCUT2D eigenvalue weighted by molar-refractivity contribution is -0.123. The Labute approximate surface area is 165 Å². The SMILES string of the molecule is COc1ccccc1N1CCN([C@H]2CC(=O)N(c3cccc(C)c3)C2=O)CC1. The zero-order chi connectivity index (χ0) is 19.7. The molecule has 4 rings (SSSR count). The first-order valence-corrected chi connectivity index (χ1v) is 9.64. The van der Waals surface area contributed by atoms with Crippen molar-refractivity contribution >= 4 is 23.2 Å². The first-order valence-electron chi connectivity index (χ1n) is 9.64. The monoisotopic (exact) mass is 379 g/mol. The van der Waals surface area contributed by atoms with E-state index in [-0.39, 0.29) is 24.3 Å². The van der Waals surface area contributed by atoms with Crippen molar-refractivity contribution in [3.8, 4) is 5.75 Å². The van der Waals surface area contributed by atoms with Crippen LogP contribution in [0.25, 0.3) is 0 Å². The second kappa shape index (κ2) is 7.64. The highest BCUT2D eigenvalue weighted by molar-refractivity contribution is 6.22. The minimum Gasteiger partial charge on any atom is -0.495 e. The lowest BCUT2D eigenvalue weighted by atomic mass is 10.1. The Balaban J connectivity index is 1.45. The highest BCUT2D eigenvalue weighted by atomic mass is 16.5. The van der Waals surface area contributed by atoms with Crippen LogP contribution in [0.4, 0.5) is 11.4 Å². The minimum atomic E-state index is -0.368. The molecule has 0 saturated carbocycles. The number of hydrogen-bond acceptors (Lipinski definition) is 5. The molecule has 2 saturated heterocycles. The van der Waals surface area contributed by atoms with Crippen LogP contribution in [0.1, 0.15) is 12.0 Å². The van der Waals surface area contributed by atoms with E-state index in [1.807, 2.05) is 49.4 Å². The van der Waals surface area contributed by atoms with Crippen LogP contribution in [0.3, 0.4) is 0 Å². The lowest BCUT2D eigenvalue weighted by Gasteiger charge is -2.38. The predicted octanol–water partition coefficient (Wildman–Crippen LogP) is 2.46. The molecule has 2 fully saturated rings. The topological polar surface area (TPSA) is 53.1 Å². The number of methoxy groups -OCH3 is 1. The van der Waals surface area contributed by atoms with E-state index in [0.29, 0.717) is 5.69 Å². The molecule has 2 aliphatic rings. The molecule has 0 radical (unpaired) electrons. The molecule has 0 aromatic heterocycles. The van der Waals surface area contributed by atoms with E-state index >= 15 is 0 Å². The molecule has 2 aliphatic heterocycles. The van der Waals surface area contributed by atoms with E-state index in [0.717, 1.165) is 43.2 Å². The zero-order valence-electron chi connectivity index (χ0n) is 16.3. The first kappa shape index (κ1) is 18.5. The minimum absolute atomic E-state index is 0.110. The summed E-state index contributed by atoms with van der Waals surface area (Å²) in [6.45, 7) is 5.03. The van der Waals surface area contributed by atoms with Gasteiger partial charge in [0.1, 0.15) is 5.75 Å². The summed E-state index contributed by atoms with van der Waals surface area (Å²) in [4.78, 5) is 31.3. The van der Waals surface area contributed by atoms with Crippen LogP contribution >= 0.6 is 0 Å². The number of hydrogen-bond donors (Lipinski definition) is 0. The number of amides is 2. The van der Waals surface area contributed by atoms with Crippen molar-refractivity contribution in [2.24, 2.45) is 0 Å². The molecule has 2 aromatic rings. The van der Waals surface area contributed by atoms with Crippen molar-refractivity contribution in [2.45, 2.75) is 19.4 Å². The summed E-state index contributed by atoms with van der Waals surface area (Å²) in [5, 5.41) is 0. The number of piperazine rings is 1. The number of ether oxygens (including phenoxy) is 1. The molecular weight excluding hydrogens is 354 g/mol.